The van der Waals surface area contributed by atoms with Crippen LogP contribution in [0, 0.1) is 23.7 Å². The van der Waals surface area contributed by atoms with E-state index in [1.165, 1.54) is 173 Å². The molecule has 4 rings (SSSR count). The zero-order valence-corrected chi connectivity index (χ0v) is 24.2. The number of ether oxygens (including phenoxy) is 1. The minimum absolute atomic E-state index is 0.521. The maximum absolute atomic E-state index is 6.93. The monoisotopic (exact) mass is 498 g/mol. The summed E-state index contributed by atoms with van der Waals surface area (Å²) < 4.78 is 6.93. The van der Waals surface area contributed by atoms with Gasteiger partial charge in [-0.1, -0.05) is 146 Å². The van der Waals surface area contributed by atoms with E-state index in [0.29, 0.717) is 6.10 Å². The van der Waals surface area contributed by atoms with Crippen LogP contribution in [-0.4, -0.2) is 12.7 Å². The van der Waals surface area contributed by atoms with E-state index >= 15 is 0 Å². The van der Waals surface area contributed by atoms with Crippen LogP contribution in [0.1, 0.15) is 173 Å². The number of hydrogen-bond donors (Lipinski definition) is 0. The molecular weight excluding hydrogens is 436 g/mol. The average Bonchev–Trinajstić information content (AvgIpc) is 2.92. The molecule has 4 aliphatic rings. The summed E-state index contributed by atoms with van der Waals surface area (Å²) in [6.07, 6.45) is 42.8. The summed E-state index contributed by atoms with van der Waals surface area (Å²) >= 11 is 0. The predicted octanol–water partition coefficient (Wildman–Crippen LogP) is 11.3. The highest BCUT2D eigenvalue weighted by Gasteiger charge is 2.41. The van der Waals surface area contributed by atoms with E-state index in [4.69, 9.17) is 4.74 Å². The van der Waals surface area contributed by atoms with E-state index in [-0.39, 0.29) is 0 Å². The zero-order chi connectivity index (χ0) is 24.7. The first-order valence-corrected chi connectivity index (χ1v) is 17.2. The second-order valence-corrected chi connectivity index (χ2v) is 13.4. The predicted molar refractivity (Wildman–Crippen MR) is 156 cm³/mol. The van der Waals surface area contributed by atoms with E-state index in [2.05, 4.69) is 6.08 Å². The lowest BCUT2D eigenvalue weighted by molar-refractivity contribution is -0.0445. The van der Waals surface area contributed by atoms with Crippen molar-refractivity contribution in [3.8, 4) is 0 Å². The zero-order valence-electron chi connectivity index (χ0n) is 24.2. The van der Waals surface area contributed by atoms with Gasteiger partial charge < -0.3 is 4.74 Å². The van der Waals surface area contributed by atoms with Crippen LogP contribution >= 0.6 is 0 Å². The third-order valence-electron chi connectivity index (χ3n) is 10.7. The molecule has 208 valence electrons. The Morgan fingerprint density at radius 2 is 0.778 bits per heavy atom. The highest BCUT2D eigenvalue weighted by molar-refractivity contribution is 5.18. The Kier molecular flexibility index (Phi) is 13.8. The van der Waals surface area contributed by atoms with Crippen LogP contribution in [-0.2, 0) is 4.74 Å². The molecule has 3 aliphatic carbocycles. The Morgan fingerprint density at radius 1 is 0.417 bits per heavy atom. The average molecular weight is 499 g/mol. The summed E-state index contributed by atoms with van der Waals surface area (Å²) in [5.41, 5.74) is 1.92. The highest BCUT2D eigenvalue weighted by Crippen LogP contribution is 2.46. The third kappa shape index (κ3) is 9.47. The molecule has 3 fully saturated rings. The second kappa shape index (κ2) is 17.3. The maximum Gasteiger partial charge on any atom is 0.0675 e. The Hall–Kier alpha value is -0.300. The largest absolute Gasteiger partial charge is 0.373 e. The van der Waals surface area contributed by atoms with Crippen LogP contribution in [0.4, 0.5) is 0 Å². The molecule has 1 heteroatoms. The smallest absolute Gasteiger partial charge is 0.0675 e. The SMILES string of the molecule is C1=C(C2CCCCCCCCC2)C(C2CCCCCCCCC2)C(C2CCCCCCCCC2)OC1. The van der Waals surface area contributed by atoms with Gasteiger partial charge in [-0.25, -0.2) is 0 Å². The van der Waals surface area contributed by atoms with Gasteiger partial charge in [0, 0.05) is 5.92 Å². The summed E-state index contributed by atoms with van der Waals surface area (Å²) in [5, 5.41) is 0. The summed E-state index contributed by atoms with van der Waals surface area (Å²) in [6.45, 7) is 0.913. The van der Waals surface area contributed by atoms with E-state index in [1.54, 1.807) is 0 Å². The molecule has 0 bridgehead atoms. The van der Waals surface area contributed by atoms with Crippen molar-refractivity contribution in [2.24, 2.45) is 23.7 Å². The molecule has 2 unspecified atom stereocenters. The molecule has 2 atom stereocenters. The molecule has 1 heterocycles. The molecule has 0 aromatic heterocycles. The van der Waals surface area contributed by atoms with Crippen molar-refractivity contribution in [3.63, 3.8) is 0 Å². The third-order valence-corrected chi connectivity index (χ3v) is 10.7. The molecule has 3 saturated carbocycles. The lowest BCUT2D eigenvalue weighted by Gasteiger charge is -2.45. The minimum Gasteiger partial charge on any atom is -0.373 e. The minimum atomic E-state index is 0.521. The Bertz CT molecular complexity index is 563. The van der Waals surface area contributed by atoms with Crippen LogP contribution in [0.3, 0.4) is 0 Å². The fourth-order valence-corrected chi connectivity index (χ4v) is 8.61. The lowest BCUT2D eigenvalue weighted by Crippen LogP contribution is -2.42. The Morgan fingerprint density at radius 3 is 1.22 bits per heavy atom. The normalized spacial score (nSPS) is 31.3. The summed E-state index contributed by atoms with van der Waals surface area (Å²) in [6, 6.07) is 0. The maximum atomic E-state index is 6.93. The van der Waals surface area contributed by atoms with Gasteiger partial charge in [-0.3, -0.25) is 0 Å². The van der Waals surface area contributed by atoms with Crippen molar-refractivity contribution in [3.05, 3.63) is 11.6 Å². The first-order chi connectivity index (χ1) is 17.9. The van der Waals surface area contributed by atoms with Gasteiger partial charge in [0.05, 0.1) is 12.7 Å². The van der Waals surface area contributed by atoms with Gasteiger partial charge in [-0.2, -0.15) is 0 Å². The molecule has 1 nitrogen and oxygen atoms in total. The van der Waals surface area contributed by atoms with Gasteiger partial charge in [0.15, 0.2) is 0 Å². The lowest BCUT2D eigenvalue weighted by atomic mass is 9.66. The van der Waals surface area contributed by atoms with E-state index in [9.17, 15) is 0 Å². The molecule has 0 N–H and O–H groups in total. The van der Waals surface area contributed by atoms with Crippen LogP contribution < -0.4 is 0 Å². The highest BCUT2D eigenvalue weighted by atomic mass is 16.5. The van der Waals surface area contributed by atoms with Gasteiger partial charge in [-0.15, -0.1) is 0 Å². The quantitative estimate of drug-likeness (QED) is 0.351. The van der Waals surface area contributed by atoms with Crippen molar-refractivity contribution in [2.75, 3.05) is 6.61 Å². The van der Waals surface area contributed by atoms with Crippen LogP contribution in [0.25, 0.3) is 0 Å². The van der Waals surface area contributed by atoms with Crippen molar-refractivity contribution in [1.29, 1.82) is 0 Å². The topological polar surface area (TPSA) is 9.23 Å². The molecule has 0 amide bonds. The Labute approximate surface area is 226 Å². The Balaban J connectivity index is 1.56. The second-order valence-electron chi connectivity index (χ2n) is 13.4. The molecule has 0 radical (unpaired) electrons. The summed E-state index contributed by atoms with van der Waals surface area (Å²) in [5.74, 6) is 3.28. The fourth-order valence-electron chi connectivity index (χ4n) is 8.61. The van der Waals surface area contributed by atoms with Crippen molar-refractivity contribution in [1.82, 2.24) is 0 Å². The van der Waals surface area contributed by atoms with Crippen LogP contribution in [0.2, 0.25) is 0 Å². The first kappa shape index (κ1) is 28.7. The van der Waals surface area contributed by atoms with Crippen LogP contribution in [0.15, 0.2) is 11.6 Å². The van der Waals surface area contributed by atoms with E-state index < -0.39 is 0 Å². The summed E-state index contributed by atoms with van der Waals surface area (Å²) in [4.78, 5) is 0. The molecular formula is C35H62O. The molecule has 0 spiro atoms. The molecule has 1 aliphatic heterocycles. The molecule has 36 heavy (non-hydrogen) atoms. The van der Waals surface area contributed by atoms with E-state index in [1.807, 2.05) is 5.57 Å². The van der Waals surface area contributed by atoms with Crippen LogP contribution in [0.5, 0.6) is 0 Å². The molecule has 0 aromatic rings. The van der Waals surface area contributed by atoms with Crippen molar-refractivity contribution in [2.45, 2.75) is 179 Å². The molecule has 0 aromatic carbocycles. The van der Waals surface area contributed by atoms with Gasteiger partial charge in [0.25, 0.3) is 0 Å². The van der Waals surface area contributed by atoms with Gasteiger partial charge in [0.2, 0.25) is 0 Å². The number of rotatable bonds is 3. The van der Waals surface area contributed by atoms with E-state index in [0.717, 1.165) is 30.3 Å². The first-order valence-electron chi connectivity index (χ1n) is 17.2. The fraction of sp³-hybridized carbons (Fsp3) is 0.943. The standard InChI is InChI=1S/C35H62O/c1-4-10-16-22-30(23-17-11-5-1)33-28-29-36-35(32-26-20-14-8-3-9-15-21-27-32)34(33)31-24-18-12-6-2-7-13-19-25-31/h28,30-32,34-35H,1-27,29H2. The van der Waals surface area contributed by atoms with Crippen molar-refractivity contribution >= 4 is 0 Å². The van der Waals surface area contributed by atoms with Gasteiger partial charge in [-0.05, 0) is 56.3 Å². The van der Waals surface area contributed by atoms with Crippen molar-refractivity contribution < 1.29 is 4.74 Å². The molecule has 0 saturated heterocycles. The van der Waals surface area contributed by atoms with Gasteiger partial charge >= 0.3 is 0 Å². The van der Waals surface area contributed by atoms with Gasteiger partial charge in [0.1, 0.15) is 0 Å². The number of hydrogen-bond acceptors (Lipinski definition) is 1. The summed E-state index contributed by atoms with van der Waals surface area (Å²) in [7, 11) is 0.